The number of benzene rings is 1. The van der Waals surface area contributed by atoms with Crippen LogP contribution in [0.2, 0.25) is 0 Å². The average molecular weight is 256 g/mol. The Kier molecular flexibility index (Phi) is 3.25. The van der Waals surface area contributed by atoms with Crippen molar-refractivity contribution in [2.45, 2.75) is 33.0 Å². The Morgan fingerprint density at radius 3 is 3.11 bits per heavy atom. The summed E-state index contributed by atoms with van der Waals surface area (Å²) in [6, 6.07) is 6.24. The van der Waals surface area contributed by atoms with Crippen LogP contribution >= 0.6 is 0 Å². The molecule has 0 atom stereocenters. The predicted molar refractivity (Wildman–Crippen MR) is 76.6 cm³/mol. The van der Waals surface area contributed by atoms with Crippen LogP contribution < -0.4 is 5.73 Å². The first-order chi connectivity index (χ1) is 9.28. The van der Waals surface area contributed by atoms with Crippen LogP contribution in [0.1, 0.15) is 23.7 Å². The van der Waals surface area contributed by atoms with Gasteiger partial charge in [0, 0.05) is 38.1 Å². The molecule has 19 heavy (non-hydrogen) atoms. The van der Waals surface area contributed by atoms with Gasteiger partial charge in [0.05, 0.1) is 12.0 Å². The molecule has 1 aliphatic heterocycles. The molecule has 100 valence electrons. The summed E-state index contributed by atoms with van der Waals surface area (Å²) in [6.45, 7) is 6.10. The number of fused-ring (bicyclic) bond motifs is 1. The molecule has 0 bridgehead atoms. The molecule has 2 heterocycles. The highest BCUT2D eigenvalue weighted by molar-refractivity contribution is 5.51. The standard InChI is InChI=1S/C15H20N4/c1-2-19-11-17-8-13(19)9-18-7-6-12-4-3-5-15(16)14(12)10-18/h3-5,8,11H,2,6-7,9-10,16H2,1H3. The van der Waals surface area contributed by atoms with Crippen LogP contribution in [-0.4, -0.2) is 21.0 Å². The van der Waals surface area contributed by atoms with Crippen molar-refractivity contribution < 1.29 is 0 Å². The second-order valence-corrected chi connectivity index (χ2v) is 5.12. The van der Waals surface area contributed by atoms with Gasteiger partial charge >= 0.3 is 0 Å². The molecule has 0 aliphatic carbocycles. The topological polar surface area (TPSA) is 47.1 Å². The Morgan fingerprint density at radius 2 is 2.26 bits per heavy atom. The van der Waals surface area contributed by atoms with Crippen molar-refractivity contribution in [3.05, 3.63) is 47.5 Å². The lowest BCUT2D eigenvalue weighted by molar-refractivity contribution is 0.240. The molecule has 2 aromatic rings. The molecule has 0 saturated carbocycles. The van der Waals surface area contributed by atoms with E-state index < -0.39 is 0 Å². The van der Waals surface area contributed by atoms with Gasteiger partial charge in [-0.05, 0) is 30.5 Å². The molecular weight excluding hydrogens is 236 g/mol. The maximum absolute atomic E-state index is 6.09. The lowest BCUT2D eigenvalue weighted by Gasteiger charge is -2.29. The lowest BCUT2D eigenvalue weighted by Crippen LogP contribution is -2.31. The molecule has 1 aromatic heterocycles. The first-order valence-corrected chi connectivity index (χ1v) is 6.85. The number of aryl methyl sites for hydroxylation is 1. The van der Waals surface area contributed by atoms with E-state index in [1.54, 1.807) is 0 Å². The van der Waals surface area contributed by atoms with Gasteiger partial charge in [0.25, 0.3) is 0 Å². The minimum atomic E-state index is 0.922. The average Bonchev–Trinajstić information content (AvgIpc) is 2.87. The molecule has 0 unspecified atom stereocenters. The molecule has 1 aliphatic rings. The van der Waals surface area contributed by atoms with Crippen LogP contribution in [0.25, 0.3) is 0 Å². The number of nitrogen functional groups attached to an aromatic ring is 1. The second-order valence-electron chi connectivity index (χ2n) is 5.12. The van der Waals surface area contributed by atoms with Gasteiger partial charge in [-0.1, -0.05) is 12.1 Å². The summed E-state index contributed by atoms with van der Waals surface area (Å²) in [4.78, 5) is 6.68. The molecule has 3 rings (SSSR count). The Labute approximate surface area is 113 Å². The normalized spacial score (nSPS) is 15.4. The third-order valence-electron chi connectivity index (χ3n) is 3.91. The van der Waals surface area contributed by atoms with Gasteiger partial charge in [-0.2, -0.15) is 0 Å². The zero-order valence-corrected chi connectivity index (χ0v) is 11.3. The predicted octanol–water partition coefficient (Wildman–Crippen LogP) is 2.04. The van der Waals surface area contributed by atoms with E-state index in [0.717, 1.165) is 38.3 Å². The van der Waals surface area contributed by atoms with E-state index in [4.69, 9.17) is 5.73 Å². The highest BCUT2D eigenvalue weighted by Crippen LogP contribution is 2.25. The van der Waals surface area contributed by atoms with E-state index in [2.05, 4.69) is 33.5 Å². The molecular formula is C15H20N4. The second kappa shape index (κ2) is 5.05. The van der Waals surface area contributed by atoms with E-state index in [9.17, 15) is 0 Å². The first kappa shape index (κ1) is 12.2. The minimum absolute atomic E-state index is 0.922. The van der Waals surface area contributed by atoms with Gasteiger partial charge in [-0.25, -0.2) is 4.98 Å². The highest BCUT2D eigenvalue weighted by atomic mass is 15.2. The number of imidazole rings is 1. The van der Waals surface area contributed by atoms with E-state index in [1.807, 2.05) is 18.6 Å². The maximum Gasteiger partial charge on any atom is 0.0948 e. The minimum Gasteiger partial charge on any atom is -0.398 e. The third-order valence-corrected chi connectivity index (χ3v) is 3.91. The first-order valence-electron chi connectivity index (χ1n) is 6.85. The largest absolute Gasteiger partial charge is 0.398 e. The number of aromatic nitrogens is 2. The zero-order valence-electron chi connectivity index (χ0n) is 11.3. The van der Waals surface area contributed by atoms with Gasteiger partial charge < -0.3 is 10.3 Å². The van der Waals surface area contributed by atoms with Crippen molar-refractivity contribution in [1.29, 1.82) is 0 Å². The fourth-order valence-corrected chi connectivity index (χ4v) is 2.79. The zero-order chi connectivity index (χ0) is 13.2. The Balaban J connectivity index is 1.77. The van der Waals surface area contributed by atoms with Crippen molar-refractivity contribution in [1.82, 2.24) is 14.5 Å². The van der Waals surface area contributed by atoms with Crippen molar-refractivity contribution in [2.24, 2.45) is 0 Å². The summed E-state index contributed by atoms with van der Waals surface area (Å²) in [5.41, 5.74) is 11.0. The Morgan fingerprint density at radius 1 is 1.37 bits per heavy atom. The molecule has 0 spiro atoms. The summed E-state index contributed by atoms with van der Waals surface area (Å²) >= 11 is 0. The van der Waals surface area contributed by atoms with E-state index in [1.165, 1.54) is 16.8 Å². The van der Waals surface area contributed by atoms with Gasteiger partial charge in [0.2, 0.25) is 0 Å². The molecule has 0 amide bonds. The maximum atomic E-state index is 6.09. The van der Waals surface area contributed by atoms with Crippen LogP contribution in [-0.2, 0) is 26.1 Å². The summed E-state index contributed by atoms with van der Waals surface area (Å²) in [5.74, 6) is 0. The summed E-state index contributed by atoms with van der Waals surface area (Å²) < 4.78 is 2.20. The SMILES string of the molecule is CCn1cncc1CN1CCc2cccc(N)c2C1. The van der Waals surface area contributed by atoms with Gasteiger partial charge in [0.1, 0.15) is 0 Å². The molecule has 0 fully saturated rings. The number of hydrogen-bond donors (Lipinski definition) is 1. The fourth-order valence-electron chi connectivity index (χ4n) is 2.79. The Hall–Kier alpha value is -1.81. The van der Waals surface area contributed by atoms with Crippen molar-refractivity contribution in [3.63, 3.8) is 0 Å². The van der Waals surface area contributed by atoms with Crippen LogP contribution in [0.15, 0.2) is 30.7 Å². The van der Waals surface area contributed by atoms with Gasteiger partial charge in [0.15, 0.2) is 0 Å². The van der Waals surface area contributed by atoms with Crippen molar-refractivity contribution >= 4 is 5.69 Å². The molecule has 2 N–H and O–H groups in total. The van der Waals surface area contributed by atoms with Gasteiger partial charge in [-0.15, -0.1) is 0 Å². The number of nitrogens with zero attached hydrogens (tertiary/aromatic N) is 3. The number of hydrogen-bond acceptors (Lipinski definition) is 3. The highest BCUT2D eigenvalue weighted by Gasteiger charge is 2.18. The summed E-state index contributed by atoms with van der Waals surface area (Å²) in [5, 5.41) is 0. The van der Waals surface area contributed by atoms with Crippen molar-refractivity contribution in [2.75, 3.05) is 12.3 Å². The third kappa shape index (κ3) is 2.36. The summed E-state index contributed by atoms with van der Waals surface area (Å²) in [6.07, 6.45) is 4.95. The van der Waals surface area contributed by atoms with E-state index in [0.29, 0.717) is 0 Å². The lowest BCUT2D eigenvalue weighted by atomic mass is 9.98. The molecule has 0 saturated heterocycles. The molecule has 1 aromatic carbocycles. The van der Waals surface area contributed by atoms with Crippen LogP contribution in [0, 0.1) is 0 Å². The molecule has 4 heteroatoms. The van der Waals surface area contributed by atoms with Crippen LogP contribution in [0.5, 0.6) is 0 Å². The van der Waals surface area contributed by atoms with Crippen LogP contribution in [0.4, 0.5) is 5.69 Å². The molecule has 0 radical (unpaired) electrons. The van der Waals surface area contributed by atoms with E-state index >= 15 is 0 Å². The van der Waals surface area contributed by atoms with Gasteiger partial charge in [-0.3, -0.25) is 4.90 Å². The fraction of sp³-hybridized carbons (Fsp3) is 0.400. The monoisotopic (exact) mass is 256 g/mol. The number of rotatable bonds is 3. The smallest absolute Gasteiger partial charge is 0.0948 e. The molecule has 4 nitrogen and oxygen atoms in total. The summed E-state index contributed by atoms with van der Waals surface area (Å²) in [7, 11) is 0. The number of anilines is 1. The van der Waals surface area contributed by atoms with E-state index in [-0.39, 0.29) is 0 Å². The van der Waals surface area contributed by atoms with Crippen LogP contribution in [0.3, 0.4) is 0 Å². The van der Waals surface area contributed by atoms with Crippen molar-refractivity contribution in [3.8, 4) is 0 Å². The Bertz CT molecular complexity index is 573. The quantitative estimate of drug-likeness (QED) is 0.855. The number of nitrogens with two attached hydrogens (primary N) is 1.